The Morgan fingerprint density at radius 1 is 1.03 bits per heavy atom. The Kier molecular flexibility index (Phi) is 4.72. The van der Waals surface area contributed by atoms with Crippen molar-refractivity contribution < 1.29 is 4.79 Å². The number of carbonyl (C=O) groups is 1. The Bertz CT molecular complexity index is 1190. The van der Waals surface area contributed by atoms with Gasteiger partial charge in [0.15, 0.2) is 5.82 Å². The molecule has 2 aromatic carbocycles. The van der Waals surface area contributed by atoms with Crippen LogP contribution in [0, 0.1) is 0 Å². The van der Waals surface area contributed by atoms with Crippen molar-refractivity contribution in [1.29, 1.82) is 0 Å². The summed E-state index contributed by atoms with van der Waals surface area (Å²) in [5, 5.41) is 15.2. The van der Waals surface area contributed by atoms with E-state index in [0.717, 1.165) is 49.4 Å². The molecule has 0 radical (unpaired) electrons. The fraction of sp³-hybridized carbons (Fsp3) is 0.286. The minimum Gasteiger partial charge on any atom is -0.337 e. The summed E-state index contributed by atoms with van der Waals surface area (Å²) in [5.41, 5.74) is 3.67. The summed E-state index contributed by atoms with van der Waals surface area (Å²) < 4.78 is 1.67. The third-order valence-electron chi connectivity index (χ3n) is 5.52. The molecule has 0 spiro atoms. The maximum absolute atomic E-state index is 12.8. The molecule has 1 aliphatic heterocycles. The van der Waals surface area contributed by atoms with Crippen LogP contribution in [0.15, 0.2) is 48.5 Å². The smallest absolute Gasteiger partial charge is 0.253 e. The molecule has 9 heteroatoms. The van der Waals surface area contributed by atoms with Crippen LogP contribution in [-0.2, 0) is 0 Å². The molecule has 1 fully saturated rings. The van der Waals surface area contributed by atoms with Gasteiger partial charge in [0, 0.05) is 37.4 Å². The number of hydrogen-bond donors (Lipinski definition) is 1. The molecule has 1 N–H and O–H groups in total. The topological polar surface area (TPSA) is 91.5 Å². The van der Waals surface area contributed by atoms with Crippen molar-refractivity contribution >= 4 is 34.1 Å². The van der Waals surface area contributed by atoms with Gasteiger partial charge in [-0.3, -0.25) is 4.79 Å². The molecule has 0 bridgehead atoms. The van der Waals surface area contributed by atoms with Crippen LogP contribution in [-0.4, -0.2) is 73.5 Å². The minimum atomic E-state index is 0.0742. The number of hydrogen-bond acceptors (Lipinski definition) is 7. The molecule has 152 valence electrons. The van der Waals surface area contributed by atoms with E-state index in [1.54, 1.807) is 4.52 Å². The van der Waals surface area contributed by atoms with E-state index in [1.165, 1.54) is 0 Å². The lowest BCUT2D eigenvalue weighted by molar-refractivity contribution is 0.0643. The van der Waals surface area contributed by atoms with Gasteiger partial charge in [0.2, 0.25) is 5.65 Å². The van der Waals surface area contributed by atoms with Crippen LogP contribution >= 0.6 is 0 Å². The number of benzene rings is 2. The van der Waals surface area contributed by atoms with Gasteiger partial charge in [-0.1, -0.05) is 19.1 Å². The van der Waals surface area contributed by atoms with E-state index in [0.29, 0.717) is 17.0 Å². The van der Waals surface area contributed by atoms with Gasteiger partial charge in [-0.25, -0.2) is 4.98 Å². The maximum atomic E-state index is 12.8. The van der Waals surface area contributed by atoms with Gasteiger partial charge in [-0.15, -0.1) is 5.10 Å². The highest BCUT2D eigenvalue weighted by atomic mass is 16.2. The number of rotatable bonds is 4. The van der Waals surface area contributed by atoms with Crippen molar-refractivity contribution in [1.82, 2.24) is 34.8 Å². The quantitative estimate of drug-likeness (QED) is 0.559. The molecule has 0 aliphatic carbocycles. The van der Waals surface area contributed by atoms with E-state index < -0.39 is 0 Å². The SMILES string of the molecule is CCN1CCN(C(=O)c2ccc(Nc3nc4ccccc4n4nnnc34)cc2)CC1. The molecule has 9 nitrogen and oxygen atoms in total. The fourth-order valence-corrected chi connectivity index (χ4v) is 3.77. The van der Waals surface area contributed by atoms with Crippen molar-refractivity contribution in [3.8, 4) is 0 Å². The first kappa shape index (κ1) is 18.4. The Hall–Kier alpha value is -3.59. The summed E-state index contributed by atoms with van der Waals surface area (Å²) in [6.07, 6.45) is 0. The van der Waals surface area contributed by atoms with Crippen LogP contribution in [0.4, 0.5) is 11.5 Å². The Morgan fingerprint density at radius 2 is 1.80 bits per heavy atom. The second-order valence-electron chi connectivity index (χ2n) is 7.29. The van der Waals surface area contributed by atoms with Gasteiger partial charge in [-0.2, -0.15) is 4.52 Å². The van der Waals surface area contributed by atoms with Gasteiger partial charge in [0.1, 0.15) is 0 Å². The van der Waals surface area contributed by atoms with Crippen LogP contribution in [0.1, 0.15) is 17.3 Å². The van der Waals surface area contributed by atoms with Gasteiger partial charge in [-0.05, 0) is 53.4 Å². The first-order valence-electron chi connectivity index (χ1n) is 10.1. The predicted octanol–water partition coefficient (Wildman–Crippen LogP) is 2.19. The molecule has 1 aliphatic rings. The molecule has 2 aromatic heterocycles. The van der Waals surface area contributed by atoms with Crippen molar-refractivity contribution in [3.05, 3.63) is 54.1 Å². The zero-order valence-electron chi connectivity index (χ0n) is 16.7. The Balaban J connectivity index is 1.36. The predicted molar refractivity (Wildman–Crippen MR) is 114 cm³/mol. The third-order valence-corrected chi connectivity index (χ3v) is 5.52. The highest BCUT2D eigenvalue weighted by Gasteiger charge is 2.21. The van der Waals surface area contributed by atoms with Crippen LogP contribution in [0.2, 0.25) is 0 Å². The van der Waals surface area contributed by atoms with Crippen molar-refractivity contribution in [2.45, 2.75) is 6.92 Å². The molecule has 1 saturated heterocycles. The second-order valence-corrected chi connectivity index (χ2v) is 7.29. The number of aromatic nitrogens is 5. The average molecular weight is 402 g/mol. The van der Waals surface area contributed by atoms with Crippen LogP contribution in [0.3, 0.4) is 0 Å². The normalized spacial score (nSPS) is 15.0. The number of piperazine rings is 1. The van der Waals surface area contributed by atoms with Crippen molar-refractivity contribution in [3.63, 3.8) is 0 Å². The lowest BCUT2D eigenvalue weighted by Gasteiger charge is -2.34. The number of likely N-dealkylation sites (N-methyl/N-ethyl adjacent to an activating group) is 1. The average Bonchev–Trinajstić information content (AvgIpc) is 3.30. The number of anilines is 2. The van der Waals surface area contributed by atoms with E-state index in [4.69, 9.17) is 0 Å². The molecule has 0 unspecified atom stereocenters. The summed E-state index contributed by atoms with van der Waals surface area (Å²) in [5.74, 6) is 0.638. The van der Waals surface area contributed by atoms with Gasteiger partial charge >= 0.3 is 0 Å². The molecule has 4 aromatic rings. The van der Waals surface area contributed by atoms with E-state index in [2.05, 4.69) is 37.6 Å². The standard InChI is InChI=1S/C21H22N8O/c1-2-27-11-13-28(14-12-27)21(30)15-7-9-16(10-8-15)22-19-20-24-25-26-29(20)18-6-4-3-5-17(18)23-19/h3-10H,2,11-14H2,1H3,(H,22,23). The highest BCUT2D eigenvalue weighted by molar-refractivity contribution is 5.95. The zero-order valence-corrected chi connectivity index (χ0v) is 16.7. The Morgan fingerprint density at radius 3 is 2.57 bits per heavy atom. The summed E-state index contributed by atoms with van der Waals surface area (Å²) in [4.78, 5) is 21.7. The summed E-state index contributed by atoms with van der Waals surface area (Å²) in [6.45, 7) is 6.57. The van der Waals surface area contributed by atoms with Crippen molar-refractivity contribution in [2.75, 3.05) is 38.0 Å². The summed E-state index contributed by atoms with van der Waals surface area (Å²) >= 11 is 0. The number of tetrazole rings is 1. The van der Waals surface area contributed by atoms with E-state index in [-0.39, 0.29) is 5.91 Å². The molecule has 5 rings (SSSR count). The van der Waals surface area contributed by atoms with Gasteiger partial charge in [0.25, 0.3) is 5.91 Å². The molecule has 30 heavy (non-hydrogen) atoms. The highest BCUT2D eigenvalue weighted by Crippen LogP contribution is 2.23. The third kappa shape index (κ3) is 3.33. The van der Waals surface area contributed by atoms with Gasteiger partial charge in [0.05, 0.1) is 11.0 Å². The number of para-hydroxylation sites is 2. The molecular weight excluding hydrogens is 380 g/mol. The number of nitrogens with zero attached hydrogens (tertiary/aromatic N) is 7. The van der Waals surface area contributed by atoms with E-state index >= 15 is 0 Å². The molecule has 3 heterocycles. The van der Waals surface area contributed by atoms with Crippen LogP contribution in [0.25, 0.3) is 16.7 Å². The Labute approximate surface area is 173 Å². The van der Waals surface area contributed by atoms with Crippen molar-refractivity contribution in [2.24, 2.45) is 0 Å². The lowest BCUT2D eigenvalue weighted by atomic mass is 10.1. The first-order chi connectivity index (χ1) is 14.7. The molecule has 0 atom stereocenters. The number of amides is 1. The van der Waals surface area contributed by atoms with Crippen LogP contribution in [0.5, 0.6) is 0 Å². The van der Waals surface area contributed by atoms with E-state index in [1.807, 2.05) is 53.4 Å². The summed E-state index contributed by atoms with van der Waals surface area (Å²) in [7, 11) is 0. The second kappa shape index (κ2) is 7.68. The molecular formula is C21H22N8O. The zero-order chi connectivity index (χ0) is 20.5. The number of carbonyl (C=O) groups excluding carboxylic acids is 1. The summed E-state index contributed by atoms with van der Waals surface area (Å²) in [6, 6.07) is 15.2. The monoisotopic (exact) mass is 402 g/mol. The molecule has 0 saturated carbocycles. The van der Waals surface area contributed by atoms with Gasteiger partial charge < -0.3 is 15.1 Å². The number of nitrogens with one attached hydrogen (secondary N) is 1. The largest absolute Gasteiger partial charge is 0.337 e. The molecule has 1 amide bonds. The lowest BCUT2D eigenvalue weighted by Crippen LogP contribution is -2.48. The van der Waals surface area contributed by atoms with Crippen LogP contribution < -0.4 is 5.32 Å². The van der Waals surface area contributed by atoms with E-state index in [9.17, 15) is 4.79 Å². The number of fused-ring (bicyclic) bond motifs is 3. The first-order valence-corrected chi connectivity index (χ1v) is 10.1. The maximum Gasteiger partial charge on any atom is 0.253 e. The minimum absolute atomic E-state index is 0.0742. The fourth-order valence-electron chi connectivity index (χ4n) is 3.77.